The predicted molar refractivity (Wildman–Crippen MR) is 59.3 cm³/mol. The van der Waals surface area contributed by atoms with E-state index in [1.165, 1.54) is 11.1 Å². The molecule has 15 heavy (non-hydrogen) atoms. The van der Waals surface area contributed by atoms with Gasteiger partial charge in [0.2, 0.25) is 0 Å². The van der Waals surface area contributed by atoms with E-state index in [0.717, 1.165) is 24.8 Å². The Morgan fingerprint density at radius 1 is 1.53 bits per heavy atom. The lowest BCUT2D eigenvalue weighted by molar-refractivity contribution is 0.410. The lowest BCUT2D eigenvalue weighted by Crippen LogP contribution is -1.96. The van der Waals surface area contributed by atoms with Crippen molar-refractivity contribution < 1.29 is 4.74 Å². The Balaban J connectivity index is 2.57. The number of aryl methyl sites for hydroxylation is 1. The van der Waals surface area contributed by atoms with Crippen molar-refractivity contribution in [3.05, 3.63) is 27.8 Å². The first-order chi connectivity index (χ1) is 7.27. The second kappa shape index (κ2) is 4.12. The summed E-state index contributed by atoms with van der Waals surface area (Å²) in [6.07, 6.45) is 3.60. The van der Waals surface area contributed by atoms with Gasteiger partial charge < -0.3 is 4.74 Å². The molecule has 0 heterocycles. The van der Waals surface area contributed by atoms with Gasteiger partial charge in [0.15, 0.2) is 0 Å². The lowest BCUT2D eigenvalue weighted by atomic mass is 10.0. The molecule has 0 saturated heterocycles. The van der Waals surface area contributed by atoms with Gasteiger partial charge in [0, 0.05) is 5.56 Å². The monoisotopic (exact) mass is 221 g/mol. The van der Waals surface area contributed by atoms with Crippen LogP contribution in [0, 0.1) is 11.3 Å². The van der Waals surface area contributed by atoms with Crippen molar-refractivity contribution in [3.8, 4) is 11.8 Å². The molecular weight excluding hydrogens is 210 g/mol. The molecule has 0 N–H and O–H groups in total. The van der Waals surface area contributed by atoms with E-state index in [-0.39, 0.29) is 0 Å². The highest BCUT2D eigenvalue weighted by atomic mass is 35.5. The summed E-state index contributed by atoms with van der Waals surface area (Å²) in [5.41, 5.74) is 3.40. The Bertz CT molecular complexity index is 434. The first-order valence-electron chi connectivity index (χ1n) is 5.02. The van der Waals surface area contributed by atoms with Gasteiger partial charge in [-0.05, 0) is 30.4 Å². The molecule has 2 rings (SSSR count). The number of hydrogen-bond donors (Lipinski definition) is 0. The summed E-state index contributed by atoms with van der Waals surface area (Å²) >= 11 is 6.26. The maximum Gasteiger partial charge on any atom is 0.141 e. The molecule has 0 spiro atoms. The molecule has 0 amide bonds. The third-order valence-corrected chi connectivity index (χ3v) is 3.24. The number of methoxy groups -OCH3 is 1. The van der Waals surface area contributed by atoms with Gasteiger partial charge in [-0.2, -0.15) is 5.26 Å². The van der Waals surface area contributed by atoms with Crippen LogP contribution in [0.2, 0.25) is 5.02 Å². The molecule has 3 heteroatoms. The Kier molecular flexibility index (Phi) is 2.83. The van der Waals surface area contributed by atoms with Crippen molar-refractivity contribution in [1.82, 2.24) is 0 Å². The first kappa shape index (κ1) is 10.3. The zero-order valence-corrected chi connectivity index (χ0v) is 9.40. The number of halogens is 1. The summed E-state index contributed by atoms with van der Waals surface area (Å²) in [5.74, 6) is 0.680. The fourth-order valence-electron chi connectivity index (χ4n) is 2.17. The van der Waals surface area contributed by atoms with Gasteiger partial charge in [-0.15, -0.1) is 0 Å². The summed E-state index contributed by atoms with van der Waals surface area (Å²) in [4.78, 5) is 0. The van der Waals surface area contributed by atoms with E-state index in [4.69, 9.17) is 21.6 Å². The Morgan fingerprint density at radius 3 is 3.00 bits per heavy atom. The molecule has 0 bridgehead atoms. The molecule has 0 atom stereocenters. The molecule has 1 aromatic carbocycles. The maximum atomic E-state index is 8.73. The van der Waals surface area contributed by atoms with Crippen molar-refractivity contribution in [1.29, 1.82) is 5.26 Å². The van der Waals surface area contributed by atoms with Gasteiger partial charge in [-0.3, -0.25) is 0 Å². The fourth-order valence-corrected chi connectivity index (χ4v) is 2.58. The lowest BCUT2D eigenvalue weighted by Gasteiger charge is -2.12. The second-order valence-electron chi connectivity index (χ2n) is 3.71. The molecule has 1 aliphatic carbocycles. The van der Waals surface area contributed by atoms with Crippen molar-refractivity contribution in [2.24, 2.45) is 0 Å². The molecule has 1 aromatic rings. The van der Waals surface area contributed by atoms with Crippen LogP contribution in [0.1, 0.15) is 23.1 Å². The number of nitriles is 1. The molecule has 78 valence electrons. The molecule has 0 aliphatic heterocycles. The van der Waals surface area contributed by atoms with Gasteiger partial charge in [-0.1, -0.05) is 17.7 Å². The fraction of sp³-hybridized carbons (Fsp3) is 0.417. The normalized spacial score (nSPS) is 13.4. The number of nitrogens with zero attached hydrogens (tertiary/aromatic N) is 1. The zero-order chi connectivity index (χ0) is 10.8. The maximum absolute atomic E-state index is 8.73. The minimum Gasteiger partial charge on any atom is -0.495 e. The van der Waals surface area contributed by atoms with Crippen LogP contribution in [0.15, 0.2) is 6.07 Å². The highest BCUT2D eigenvalue weighted by Gasteiger charge is 2.20. The van der Waals surface area contributed by atoms with Gasteiger partial charge in [0.1, 0.15) is 5.75 Å². The minimum atomic E-state index is 0.357. The van der Waals surface area contributed by atoms with Gasteiger partial charge in [-0.25, -0.2) is 0 Å². The first-order valence-corrected chi connectivity index (χ1v) is 5.39. The van der Waals surface area contributed by atoms with Crippen LogP contribution in [0.25, 0.3) is 0 Å². The van der Waals surface area contributed by atoms with Crippen LogP contribution in [0.3, 0.4) is 0 Å². The zero-order valence-electron chi connectivity index (χ0n) is 8.64. The molecule has 0 radical (unpaired) electrons. The van der Waals surface area contributed by atoms with Crippen molar-refractivity contribution in [2.75, 3.05) is 7.11 Å². The van der Waals surface area contributed by atoms with Crippen LogP contribution in [0.5, 0.6) is 5.75 Å². The van der Waals surface area contributed by atoms with Crippen LogP contribution in [-0.2, 0) is 19.3 Å². The quantitative estimate of drug-likeness (QED) is 0.770. The molecule has 0 unspecified atom stereocenters. The summed E-state index contributed by atoms with van der Waals surface area (Å²) < 4.78 is 5.27. The van der Waals surface area contributed by atoms with Crippen molar-refractivity contribution >= 4 is 11.6 Å². The number of benzene rings is 1. The van der Waals surface area contributed by atoms with Crippen LogP contribution >= 0.6 is 11.6 Å². The molecule has 0 saturated carbocycles. The van der Waals surface area contributed by atoms with E-state index in [2.05, 4.69) is 12.1 Å². The topological polar surface area (TPSA) is 33.0 Å². The SMILES string of the molecule is COc1c(CC#N)cc2c(c1Cl)CCC2. The van der Waals surface area contributed by atoms with Crippen LogP contribution in [0.4, 0.5) is 0 Å². The van der Waals surface area contributed by atoms with Gasteiger partial charge >= 0.3 is 0 Å². The average molecular weight is 222 g/mol. The third-order valence-electron chi connectivity index (χ3n) is 2.84. The van der Waals surface area contributed by atoms with E-state index in [1.54, 1.807) is 7.11 Å². The summed E-state index contributed by atoms with van der Waals surface area (Å²) in [7, 11) is 1.60. The minimum absolute atomic E-state index is 0.357. The summed E-state index contributed by atoms with van der Waals surface area (Å²) in [6.45, 7) is 0. The molecule has 1 aliphatic rings. The Labute approximate surface area is 94.4 Å². The van der Waals surface area contributed by atoms with Crippen LogP contribution in [-0.4, -0.2) is 7.11 Å². The van der Waals surface area contributed by atoms with E-state index in [0.29, 0.717) is 17.2 Å². The highest BCUT2D eigenvalue weighted by Crippen LogP contribution is 2.38. The van der Waals surface area contributed by atoms with E-state index < -0.39 is 0 Å². The molecular formula is C12H12ClNO. The standard InChI is InChI=1S/C12H12ClNO/c1-15-12-9(5-6-14)7-8-3-2-4-10(8)11(12)13/h7H,2-5H2,1H3. The molecule has 0 fully saturated rings. The average Bonchev–Trinajstić information content (AvgIpc) is 2.67. The third kappa shape index (κ3) is 1.68. The molecule has 0 aromatic heterocycles. The summed E-state index contributed by atoms with van der Waals surface area (Å²) in [5, 5.41) is 9.44. The smallest absolute Gasteiger partial charge is 0.141 e. The van der Waals surface area contributed by atoms with Gasteiger partial charge in [0.05, 0.1) is 24.6 Å². The van der Waals surface area contributed by atoms with Gasteiger partial charge in [0.25, 0.3) is 0 Å². The number of fused-ring (bicyclic) bond motifs is 1. The van der Waals surface area contributed by atoms with Crippen molar-refractivity contribution in [3.63, 3.8) is 0 Å². The van der Waals surface area contributed by atoms with Crippen molar-refractivity contribution in [2.45, 2.75) is 25.7 Å². The number of rotatable bonds is 2. The van der Waals surface area contributed by atoms with E-state index in [9.17, 15) is 0 Å². The highest BCUT2D eigenvalue weighted by molar-refractivity contribution is 6.33. The number of hydrogen-bond acceptors (Lipinski definition) is 2. The second-order valence-corrected chi connectivity index (χ2v) is 4.09. The summed E-state index contributed by atoms with van der Waals surface area (Å²) in [6, 6.07) is 4.20. The van der Waals surface area contributed by atoms with E-state index in [1.807, 2.05) is 0 Å². The van der Waals surface area contributed by atoms with Crippen LogP contribution < -0.4 is 4.74 Å². The number of ether oxygens (including phenoxy) is 1. The van der Waals surface area contributed by atoms with E-state index >= 15 is 0 Å². The Morgan fingerprint density at radius 2 is 2.33 bits per heavy atom. The molecule has 2 nitrogen and oxygen atoms in total. The Hall–Kier alpha value is -1.20. The predicted octanol–water partition coefficient (Wildman–Crippen LogP) is 2.90. The largest absolute Gasteiger partial charge is 0.495 e.